The van der Waals surface area contributed by atoms with Crippen LogP contribution in [0.4, 0.5) is 5.69 Å². The van der Waals surface area contributed by atoms with Crippen LogP contribution in [0.15, 0.2) is 24.3 Å². The number of carbonyl (C=O) groups excluding carboxylic acids is 3. The highest BCUT2D eigenvalue weighted by Crippen LogP contribution is 2.28. The molecule has 2 aliphatic rings. The van der Waals surface area contributed by atoms with Crippen molar-refractivity contribution in [3.63, 3.8) is 0 Å². The number of likely N-dealkylation sites (tertiary alicyclic amines) is 1. The molecule has 0 spiro atoms. The zero-order valence-electron chi connectivity index (χ0n) is 22.0. The van der Waals surface area contributed by atoms with Crippen molar-refractivity contribution in [3.8, 4) is 6.07 Å². The molecule has 0 saturated carbocycles. The van der Waals surface area contributed by atoms with Gasteiger partial charge in [0.2, 0.25) is 5.91 Å². The number of amides is 1. The fraction of sp³-hybridized carbons (Fsp3) is 0.630. The van der Waals surface area contributed by atoms with Crippen LogP contribution in [-0.2, 0) is 23.9 Å². The second kappa shape index (κ2) is 14.5. The van der Waals surface area contributed by atoms with Gasteiger partial charge in [-0.05, 0) is 56.9 Å². The monoisotopic (exact) mass is 513 g/mol. The fourth-order valence-electron chi connectivity index (χ4n) is 5.24. The van der Waals surface area contributed by atoms with Gasteiger partial charge in [0.1, 0.15) is 6.54 Å². The Labute approximate surface area is 219 Å². The van der Waals surface area contributed by atoms with Crippen molar-refractivity contribution >= 4 is 23.5 Å². The third-order valence-corrected chi connectivity index (χ3v) is 7.06. The topological polar surface area (TPSA) is 115 Å². The number of hydrogen-bond acceptors (Lipinski definition) is 9. The highest BCUT2D eigenvalue weighted by atomic mass is 16.5. The van der Waals surface area contributed by atoms with E-state index in [1.165, 1.54) is 0 Å². The van der Waals surface area contributed by atoms with Crippen LogP contribution in [0.3, 0.4) is 0 Å². The first-order chi connectivity index (χ1) is 17.9. The van der Waals surface area contributed by atoms with Gasteiger partial charge in [0.05, 0.1) is 31.4 Å². The first-order valence-electron chi connectivity index (χ1n) is 13.2. The minimum Gasteiger partial charge on any atom is -0.465 e. The van der Waals surface area contributed by atoms with Crippen molar-refractivity contribution < 1.29 is 23.9 Å². The van der Waals surface area contributed by atoms with Crippen LogP contribution in [-0.4, -0.2) is 99.3 Å². The van der Waals surface area contributed by atoms with Crippen molar-refractivity contribution in [2.75, 3.05) is 70.5 Å². The van der Waals surface area contributed by atoms with E-state index < -0.39 is 5.97 Å². The number of ether oxygens (including phenoxy) is 2. The minimum atomic E-state index is -0.438. The average Bonchev–Trinajstić information content (AvgIpc) is 2.91. The molecule has 1 N–H and O–H groups in total. The Balaban J connectivity index is 1.57. The molecule has 2 atom stereocenters. The Morgan fingerprint density at radius 2 is 1.68 bits per heavy atom. The SMILES string of the molecule is CCOC(=O)CNC(=O)CCC1CN(CC(=O)OCC)CCC1N1CCN(c2ccc(C#N)cc2)CC1. The quantitative estimate of drug-likeness (QED) is 0.438. The van der Waals surface area contributed by atoms with Gasteiger partial charge in [-0.15, -0.1) is 0 Å². The van der Waals surface area contributed by atoms with Crippen molar-refractivity contribution in [1.29, 1.82) is 5.26 Å². The zero-order valence-corrected chi connectivity index (χ0v) is 22.0. The van der Waals surface area contributed by atoms with Gasteiger partial charge in [0.25, 0.3) is 0 Å². The predicted octanol–water partition coefficient (Wildman–Crippen LogP) is 1.39. The summed E-state index contributed by atoms with van der Waals surface area (Å²) in [5, 5.41) is 11.7. The molecule has 2 aliphatic heterocycles. The molecule has 0 bridgehead atoms. The molecule has 2 fully saturated rings. The summed E-state index contributed by atoms with van der Waals surface area (Å²) in [6.45, 7) is 9.47. The van der Waals surface area contributed by atoms with E-state index in [-0.39, 0.29) is 37.5 Å². The van der Waals surface area contributed by atoms with Gasteiger partial charge in [-0.3, -0.25) is 24.2 Å². The lowest BCUT2D eigenvalue weighted by Gasteiger charge is -2.47. The van der Waals surface area contributed by atoms with Crippen molar-refractivity contribution in [2.24, 2.45) is 5.92 Å². The van der Waals surface area contributed by atoms with E-state index in [2.05, 4.69) is 26.1 Å². The Morgan fingerprint density at radius 3 is 2.32 bits per heavy atom. The minimum absolute atomic E-state index is 0.118. The van der Waals surface area contributed by atoms with Gasteiger partial charge in [-0.25, -0.2) is 0 Å². The summed E-state index contributed by atoms with van der Waals surface area (Å²) in [7, 11) is 0. The molecule has 0 aliphatic carbocycles. The molecule has 0 radical (unpaired) electrons. The van der Waals surface area contributed by atoms with Crippen LogP contribution in [0.1, 0.15) is 38.7 Å². The van der Waals surface area contributed by atoms with Gasteiger partial charge in [-0.2, -0.15) is 5.26 Å². The lowest BCUT2D eigenvalue weighted by atomic mass is 9.86. The zero-order chi connectivity index (χ0) is 26.6. The molecule has 37 heavy (non-hydrogen) atoms. The molecule has 2 unspecified atom stereocenters. The number of nitrogens with one attached hydrogen (secondary N) is 1. The van der Waals surface area contributed by atoms with E-state index >= 15 is 0 Å². The van der Waals surface area contributed by atoms with Gasteiger partial charge < -0.3 is 19.7 Å². The Morgan fingerprint density at radius 1 is 1.00 bits per heavy atom. The maximum absolute atomic E-state index is 12.4. The molecule has 1 aromatic carbocycles. The smallest absolute Gasteiger partial charge is 0.325 e. The molecule has 2 saturated heterocycles. The number of hydrogen-bond donors (Lipinski definition) is 1. The maximum Gasteiger partial charge on any atom is 0.325 e. The number of esters is 2. The molecular weight excluding hydrogens is 474 g/mol. The van der Waals surface area contributed by atoms with Crippen LogP contribution in [0, 0.1) is 17.2 Å². The predicted molar refractivity (Wildman–Crippen MR) is 139 cm³/mol. The van der Waals surface area contributed by atoms with Gasteiger partial charge in [0.15, 0.2) is 0 Å². The van der Waals surface area contributed by atoms with Crippen molar-refractivity contribution in [2.45, 2.75) is 39.2 Å². The highest BCUT2D eigenvalue weighted by Gasteiger charge is 2.35. The van der Waals surface area contributed by atoms with Crippen LogP contribution in [0.5, 0.6) is 0 Å². The first-order valence-corrected chi connectivity index (χ1v) is 13.2. The van der Waals surface area contributed by atoms with Crippen LogP contribution in [0.2, 0.25) is 0 Å². The summed E-state index contributed by atoms with van der Waals surface area (Å²) >= 11 is 0. The number of benzene rings is 1. The third kappa shape index (κ3) is 8.72. The highest BCUT2D eigenvalue weighted by molar-refractivity contribution is 5.81. The number of anilines is 1. The molecule has 202 valence electrons. The van der Waals surface area contributed by atoms with Gasteiger partial charge in [-0.1, -0.05) is 0 Å². The van der Waals surface area contributed by atoms with Crippen molar-refractivity contribution in [1.82, 2.24) is 15.1 Å². The van der Waals surface area contributed by atoms with E-state index in [0.717, 1.165) is 51.4 Å². The first kappa shape index (κ1) is 28.4. The average molecular weight is 514 g/mol. The molecule has 10 heteroatoms. The second-order valence-corrected chi connectivity index (χ2v) is 9.46. The number of rotatable bonds is 11. The van der Waals surface area contributed by atoms with E-state index in [1.807, 2.05) is 24.3 Å². The molecular formula is C27H39N5O5. The fourth-order valence-corrected chi connectivity index (χ4v) is 5.24. The van der Waals surface area contributed by atoms with Crippen LogP contribution < -0.4 is 10.2 Å². The number of carbonyl (C=O) groups is 3. The number of nitriles is 1. The van der Waals surface area contributed by atoms with Crippen LogP contribution >= 0.6 is 0 Å². The summed E-state index contributed by atoms with van der Waals surface area (Å²) in [6, 6.07) is 10.2. The molecule has 1 aromatic rings. The molecule has 2 heterocycles. The third-order valence-electron chi connectivity index (χ3n) is 7.06. The molecule has 1 amide bonds. The Hall–Kier alpha value is -3.16. The Kier molecular flexibility index (Phi) is 11.2. The van der Waals surface area contributed by atoms with E-state index in [9.17, 15) is 14.4 Å². The summed E-state index contributed by atoms with van der Waals surface area (Å²) in [5.41, 5.74) is 1.78. The normalized spacial score (nSPS) is 20.6. The van der Waals surface area contributed by atoms with E-state index in [1.54, 1.807) is 13.8 Å². The summed E-state index contributed by atoms with van der Waals surface area (Å²) in [4.78, 5) is 43.0. The van der Waals surface area contributed by atoms with Crippen LogP contribution in [0.25, 0.3) is 0 Å². The Bertz CT molecular complexity index is 940. The van der Waals surface area contributed by atoms with Gasteiger partial charge >= 0.3 is 11.9 Å². The molecule has 10 nitrogen and oxygen atoms in total. The molecule has 0 aromatic heterocycles. The lowest BCUT2D eigenvalue weighted by molar-refractivity contribution is -0.145. The largest absolute Gasteiger partial charge is 0.465 e. The lowest BCUT2D eigenvalue weighted by Crippen LogP contribution is -2.57. The van der Waals surface area contributed by atoms with Gasteiger partial charge in [0, 0.05) is 57.4 Å². The van der Waals surface area contributed by atoms with E-state index in [4.69, 9.17) is 14.7 Å². The number of nitrogens with zero attached hydrogens (tertiary/aromatic N) is 4. The number of piperidine rings is 1. The summed E-state index contributed by atoms with van der Waals surface area (Å²) in [6.07, 6.45) is 1.92. The summed E-state index contributed by atoms with van der Waals surface area (Å²) in [5.74, 6) is -0.604. The second-order valence-electron chi connectivity index (χ2n) is 9.46. The maximum atomic E-state index is 12.4. The number of piperazine rings is 1. The summed E-state index contributed by atoms with van der Waals surface area (Å²) < 4.78 is 10.0. The van der Waals surface area contributed by atoms with Crippen molar-refractivity contribution in [3.05, 3.63) is 29.8 Å². The molecule has 3 rings (SSSR count). The van der Waals surface area contributed by atoms with E-state index in [0.29, 0.717) is 31.1 Å². The standard InChI is InChI=1S/C27H39N5O5/c1-3-36-26(34)18-29-25(33)10-7-22-19-30(20-27(35)37-4-2)12-11-24(22)32-15-13-31(14-16-32)23-8-5-21(17-28)6-9-23/h5-6,8-9,22,24H,3-4,7,10-16,18-20H2,1-2H3,(H,29,33).